The zero-order valence-corrected chi connectivity index (χ0v) is 11.3. The van der Waals surface area contributed by atoms with Gasteiger partial charge in [-0.3, -0.25) is 0 Å². The molecule has 2 aromatic carbocycles. The Bertz CT molecular complexity index is 722. The van der Waals surface area contributed by atoms with E-state index in [1.807, 2.05) is 13.0 Å². The number of rotatable bonds is 4. The van der Waals surface area contributed by atoms with Gasteiger partial charge in [-0.1, -0.05) is 12.1 Å². The van der Waals surface area contributed by atoms with Gasteiger partial charge in [-0.25, -0.2) is 9.18 Å². The third-order valence-corrected chi connectivity index (χ3v) is 3.10. The molecular weight excluding hydrogens is 271 g/mol. The van der Waals surface area contributed by atoms with Crippen molar-refractivity contribution in [3.63, 3.8) is 0 Å². The number of carbonyl (C=O) groups is 1. The number of nitriles is 1. The summed E-state index contributed by atoms with van der Waals surface area (Å²) in [4.78, 5) is 10.9. The number of halogens is 1. The van der Waals surface area contributed by atoms with Crippen LogP contribution in [0.3, 0.4) is 0 Å². The quantitative estimate of drug-likeness (QED) is 0.900. The number of anilines is 1. The Morgan fingerprint density at radius 1 is 1.33 bits per heavy atom. The van der Waals surface area contributed by atoms with Gasteiger partial charge in [0, 0.05) is 11.7 Å². The van der Waals surface area contributed by atoms with E-state index in [2.05, 4.69) is 11.4 Å². The molecule has 0 aliphatic rings. The summed E-state index contributed by atoms with van der Waals surface area (Å²) in [6.45, 7) is 1.88. The minimum Gasteiger partial charge on any atom is -0.478 e. The Balaban J connectivity index is 2.23. The number of aromatic carboxylic acids is 1. The van der Waals surface area contributed by atoms with Gasteiger partial charge in [-0.05, 0) is 42.8 Å². The first kappa shape index (κ1) is 14.5. The molecule has 106 valence electrons. The van der Waals surface area contributed by atoms with E-state index in [1.54, 1.807) is 18.2 Å². The Kier molecular flexibility index (Phi) is 4.19. The van der Waals surface area contributed by atoms with Gasteiger partial charge in [-0.15, -0.1) is 0 Å². The van der Waals surface area contributed by atoms with Crippen molar-refractivity contribution >= 4 is 11.7 Å². The SMILES string of the molecule is CC(Nc1ccc(F)c(C(=O)O)c1)c1cccc(C#N)c1. The summed E-state index contributed by atoms with van der Waals surface area (Å²) in [5.74, 6) is -2.08. The highest BCUT2D eigenvalue weighted by atomic mass is 19.1. The number of benzene rings is 2. The molecule has 1 unspecified atom stereocenters. The molecule has 0 radical (unpaired) electrons. The second kappa shape index (κ2) is 6.06. The zero-order chi connectivity index (χ0) is 15.4. The van der Waals surface area contributed by atoms with E-state index in [1.165, 1.54) is 12.1 Å². The fourth-order valence-electron chi connectivity index (χ4n) is 1.99. The van der Waals surface area contributed by atoms with Crippen LogP contribution in [0.25, 0.3) is 0 Å². The molecule has 0 aliphatic heterocycles. The highest BCUT2D eigenvalue weighted by molar-refractivity contribution is 5.89. The number of hydrogen-bond acceptors (Lipinski definition) is 3. The van der Waals surface area contributed by atoms with Crippen LogP contribution in [0.4, 0.5) is 10.1 Å². The highest BCUT2D eigenvalue weighted by Crippen LogP contribution is 2.22. The summed E-state index contributed by atoms with van der Waals surface area (Å²) in [5.41, 5.74) is 1.56. The third kappa shape index (κ3) is 3.37. The molecule has 0 spiro atoms. The summed E-state index contributed by atoms with van der Waals surface area (Å²) in [6.07, 6.45) is 0. The van der Waals surface area contributed by atoms with E-state index in [9.17, 15) is 9.18 Å². The standard InChI is InChI=1S/C16H13FN2O2/c1-10(12-4-2-3-11(7-12)9-18)19-13-5-6-15(17)14(8-13)16(20)21/h2-8,10,19H,1H3,(H,20,21). The molecule has 2 aromatic rings. The van der Waals surface area contributed by atoms with Gasteiger partial charge >= 0.3 is 5.97 Å². The van der Waals surface area contributed by atoms with Crippen molar-refractivity contribution in [1.82, 2.24) is 0 Å². The van der Waals surface area contributed by atoms with Crippen molar-refractivity contribution in [3.8, 4) is 6.07 Å². The van der Waals surface area contributed by atoms with Crippen LogP contribution < -0.4 is 5.32 Å². The molecule has 0 fully saturated rings. The smallest absolute Gasteiger partial charge is 0.338 e. The fourth-order valence-corrected chi connectivity index (χ4v) is 1.99. The maximum absolute atomic E-state index is 13.3. The molecular formula is C16H13FN2O2. The van der Waals surface area contributed by atoms with Crippen LogP contribution in [0, 0.1) is 17.1 Å². The van der Waals surface area contributed by atoms with Crippen molar-refractivity contribution in [2.75, 3.05) is 5.32 Å². The maximum Gasteiger partial charge on any atom is 0.338 e. The van der Waals surface area contributed by atoms with Crippen LogP contribution in [-0.2, 0) is 0 Å². The van der Waals surface area contributed by atoms with Crippen LogP contribution in [0.2, 0.25) is 0 Å². The molecule has 1 atom stereocenters. The fraction of sp³-hybridized carbons (Fsp3) is 0.125. The van der Waals surface area contributed by atoms with E-state index in [-0.39, 0.29) is 11.6 Å². The van der Waals surface area contributed by atoms with E-state index >= 15 is 0 Å². The van der Waals surface area contributed by atoms with E-state index in [0.29, 0.717) is 11.3 Å². The molecule has 0 amide bonds. The number of hydrogen-bond donors (Lipinski definition) is 2. The summed E-state index contributed by atoms with van der Waals surface area (Å²) in [6, 6.07) is 12.9. The molecule has 0 aliphatic carbocycles. The van der Waals surface area contributed by atoms with Crippen LogP contribution >= 0.6 is 0 Å². The third-order valence-electron chi connectivity index (χ3n) is 3.10. The first-order valence-corrected chi connectivity index (χ1v) is 6.30. The van der Waals surface area contributed by atoms with E-state index in [4.69, 9.17) is 10.4 Å². The lowest BCUT2D eigenvalue weighted by Gasteiger charge is -2.16. The molecule has 2 N–H and O–H groups in total. The van der Waals surface area contributed by atoms with Crippen LogP contribution in [0.5, 0.6) is 0 Å². The molecule has 5 heteroatoms. The lowest BCUT2D eigenvalue weighted by molar-refractivity contribution is 0.0692. The number of carboxylic acid groups (broad SMARTS) is 1. The van der Waals surface area contributed by atoms with Crippen molar-refractivity contribution in [2.45, 2.75) is 13.0 Å². The van der Waals surface area contributed by atoms with Crippen LogP contribution in [0.1, 0.15) is 34.5 Å². The van der Waals surface area contributed by atoms with Crippen molar-refractivity contribution in [3.05, 3.63) is 65.0 Å². The zero-order valence-electron chi connectivity index (χ0n) is 11.3. The van der Waals surface area contributed by atoms with Crippen LogP contribution in [-0.4, -0.2) is 11.1 Å². The van der Waals surface area contributed by atoms with Crippen molar-refractivity contribution in [2.24, 2.45) is 0 Å². The lowest BCUT2D eigenvalue weighted by atomic mass is 10.0. The molecule has 0 saturated carbocycles. The number of carboxylic acids is 1. The normalized spacial score (nSPS) is 11.5. The first-order chi connectivity index (χ1) is 10.0. The Morgan fingerprint density at radius 3 is 2.76 bits per heavy atom. The molecule has 21 heavy (non-hydrogen) atoms. The second-order valence-corrected chi connectivity index (χ2v) is 4.60. The van der Waals surface area contributed by atoms with Gasteiger partial charge in [0.2, 0.25) is 0 Å². The lowest BCUT2D eigenvalue weighted by Crippen LogP contribution is -2.08. The minimum absolute atomic E-state index is 0.148. The maximum atomic E-state index is 13.3. The summed E-state index contributed by atoms with van der Waals surface area (Å²) in [7, 11) is 0. The largest absolute Gasteiger partial charge is 0.478 e. The molecule has 0 aromatic heterocycles. The number of nitrogens with zero attached hydrogens (tertiary/aromatic N) is 1. The summed E-state index contributed by atoms with van der Waals surface area (Å²) < 4.78 is 13.3. The molecule has 0 saturated heterocycles. The second-order valence-electron chi connectivity index (χ2n) is 4.60. The van der Waals surface area contributed by atoms with Crippen LogP contribution in [0.15, 0.2) is 42.5 Å². The first-order valence-electron chi connectivity index (χ1n) is 6.30. The van der Waals surface area contributed by atoms with Crippen molar-refractivity contribution in [1.29, 1.82) is 5.26 Å². The molecule has 0 bridgehead atoms. The molecule has 0 heterocycles. The van der Waals surface area contributed by atoms with Gasteiger partial charge in [0.05, 0.1) is 17.2 Å². The molecule has 2 rings (SSSR count). The molecule has 4 nitrogen and oxygen atoms in total. The number of nitrogens with one attached hydrogen (secondary N) is 1. The van der Waals surface area contributed by atoms with Gasteiger partial charge in [-0.2, -0.15) is 5.26 Å². The highest BCUT2D eigenvalue weighted by Gasteiger charge is 2.12. The minimum atomic E-state index is -1.31. The van der Waals surface area contributed by atoms with E-state index in [0.717, 1.165) is 11.6 Å². The predicted octanol–water partition coefficient (Wildman–Crippen LogP) is 3.57. The summed E-state index contributed by atoms with van der Waals surface area (Å²) in [5, 5.41) is 20.9. The van der Waals surface area contributed by atoms with Gasteiger partial charge in [0.25, 0.3) is 0 Å². The van der Waals surface area contributed by atoms with Gasteiger partial charge in [0.1, 0.15) is 5.82 Å². The summed E-state index contributed by atoms with van der Waals surface area (Å²) >= 11 is 0. The Hall–Kier alpha value is -2.87. The average Bonchev–Trinajstić information content (AvgIpc) is 2.49. The van der Waals surface area contributed by atoms with Gasteiger partial charge in [0.15, 0.2) is 0 Å². The average molecular weight is 284 g/mol. The van der Waals surface area contributed by atoms with Gasteiger partial charge < -0.3 is 10.4 Å². The Morgan fingerprint density at radius 2 is 2.10 bits per heavy atom. The topological polar surface area (TPSA) is 73.1 Å². The monoisotopic (exact) mass is 284 g/mol. The van der Waals surface area contributed by atoms with Crippen molar-refractivity contribution < 1.29 is 14.3 Å². The predicted molar refractivity (Wildman–Crippen MR) is 76.6 cm³/mol. The Labute approximate surface area is 121 Å². The van der Waals surface area contributed by atoms with E-state index < -0.39 is 11.8 Å².